The predicted molar refractivity (Wildman–Crippen MR) is 92.1 cm³/mol. The van der Waals surface area contributed by atoms with Crippen LogP contribution in [-0.4, -0.2) is 22.4 Å². The molecule has 0 aromatic heterocycles. The fourth-order valence-electron chi connectivity index (χ4n) is 2.45. The molecule has 1 aliphatic rings. The van der Waals surface area contributed by atoms with Crippen LogP contribution < -0.4 is 10.2 Å². The summed E-state index contributed by atoms with van der Waals surface area (Å²) < 4.78 is 0. The number of carbonyl (C=O) groups is 1. The number of rotatable bonds is 2. The Morgan fingerprint density at radius 2 is 1.87 bits per heavy atom. The van der Waals surface area contributed by atoms with Crippen LogP contribution in [0.5, 0.6) is 0 Å². The lowest BCUT2D eigenvalue weighted by Crippen LogP contribution is -2.31. The maximum absolute atomic E-state index is 12.8. The third-order valence-corrected chi connectivity index (χ3v) is 3.91. The van der Waals surface area contributed by atoms with E-state index < -0.39 is 4.92 Å². The number of nitro benzene ring substituents is 1. The molecule has 0 spiro atoms. The van der Waals surface area contributed by atoms with Crippen LogP contribution in [0.2, 0.25) is 0 Å². The molecule has 1 N–H and O–H groups in total. The molecular formula is C16H13N3O3S. The molecule has 0 unspecified atom stereocenters. The SMILES string of the molecule is O=C(c1ccc([N+](=O)[O-])cc1)N1CCC(=S)Nc2ccccc21. The molecule has 3 rings (SSSR count). The maximum Gasteiger partial charge on any atom is 0.269 e. The summed E-state index contributed by atoms with van der Waals surface area (Å²) in [6.45, 7) is 0.457. The molecule has 2 aromatic carbocycles. The molecule has 0 atom stereocenters. The van der Waals surface area contributed by atoms with Crippen molar-refractivity contribution in [1.82, 2.24) is 0 Å². The van der Waals surface area contributed by atoms with E-state index in [1.54, 1.807) is 4.90 Å². The van der Waals surface area contributed by atoms with Crippen LogP contribution >= 0.6 is 12.2 Å². The molecule has 0 fully saturated rings. The van der Waals surface area contributed by atoms with Crippen LogP contribution in [0.15, 0.2) is 48.5 Å². The van der Waals surface area contributed by atoms with Crippen molar-refractivity contribution in [3.63, 3.8) is 0 Å². The molecule has 1 heterocycles. The summed E-state index contributed by atoms with van der Waals surface area (Å²) in [4.78, 5) is 25.3. The van der Waals surface area contributed by atoms with Crippen molar-refractivity contribution < 1.29 is 9.72 Å². The molecule has 0 saturated heterocycles. The van der Waals surface area contributed by atoms with Gasteiger partial charge in [0.25, 0.3) is 11.6 Å². The standard InChI is InChI=1S/C16H13N3O3S/c20-16(11-5-7-12(8-6-11)19(21)22)18-10-9-15(23)17-13-3-1-2-4-14(13)18/h1-8H,9-10H2,(H,17,23). The largest absolute Gasteiger partial charge is 0.348 e. The van der Waals surface area contributed by atoms with Gasteiger partial charge in [0.1, 0.15) is 0 Å². The summed E-state index contributed by atoms with van der Waals surface area (Å²) >= 11 is 5.25. The van der Waals surface area contributed by atoms with Crippen LogP contribution in [0.4, 0.5) is 17.1 Å². The molecule has 1 amide bonds. The van der Waals surface area contributed by atoms with Gasteiger partial charge in [0.2, 0.25) is 0 Å². The highest BCUT2D eigenvalue weighted by Crippen LogP contribution is 2.30. The average Bonchev–Trinajstić information content (AvgIpc) is 2.72. The summed E-state index contributed by atoms with van der Waals surface area (Å²) in [5.74, 6) is -0.209. The van der Waals surface area contributed by atoms with Gasteiger partial charge in [0, 0.05) is 30.7 Å². The Balaban J connectivity index is 1.95. The zero-order valence-electron chi connectivity index (χ0n) is 12.1. The van der Waals surface area contributed by atoms with Crippen LogP contribution in [0.3, 0.4) is 0 Å². The molecule has 116 valence electrons. The van der Waals surface area contributed by atoms with Crippen molar-refractivity contribution in [3.8, 4) is 0 Å². The van der Waals surface area contributed by atoms with Crippen LogP contribution in [0.1, 0.15) is 16.8 Å². The average molecular weight is 327 g/mol. The second kappa shape index (κ2) is 6.13. The highest BCUT2D eigenvalue weighted by Gasteiger charge is 2.23. The predicted octanol–water partition coefficient (Wildman–Crippen LogP) is 3.38. The molecule has 2 aromatic rings. The first kappa shape index (κ1) is 15.1. The van der Waals surface area contributed by atoms with Crippen molar-refractivity contribution in [2.24, 2.45) is 0 Å². The van der Waals surface area contributed by atoms with Gasteiger partial charge in [-0.15, -0.1) is 0 Å². The number of amides is 1. The second-order valence-electron chi connectivity index (χ2n) is 5.08. The number of nitro groups is 1. The van der Waals surface area contributed by atoms with Gasteiger partial charge in [-0.25, -0.2) is 0 Å². The van der Waals surface area contributed by atoms with E-state index >= 15 is 0 Å². The zero-order valence-corrected chi connectivity index (χ0v) is 12.9. The van der Waals surface area contributed by atoms with E-state index in [0.717, 1.165) is 11.4 Å². The molecule has 0 bridgehead atoms. The third kappa shape index (κ3) is 3.04. The third-order valence-electron chi connectivity index (χ3n) is 3.60. The minimum absolute atomic E-state index is 0.0411. The second-order valence-corrected chi connectivity index (χ2v) is 5.57. The van der Waals surface area contributed by atoms with Gasteiger partial charge in [-0.1, -0.05) is 24.4 Å². The van der Waals surface area contributed by atoms with E-state index in [1.807, 2.05) is 24.3 Å². The highest BCUT2D eigenvalue weighted by molar-refractivity contribution is 7.80. The molecule has 0 saturated carbocycles. The van der Waals surface area contributed by atoms with E-state index in [4.69, 9.17) is 12.2 Å². The van der Waals surface area contributed by atoms with Crippen molar-refractivity contribution in [3.05, 3.63) is 64.2 Å². The van der Waals surface area contributed by atoms with Crippen molar-refractivity contribution >= 4 is 40.2 Å². The normalized spacial score (nSPS) is 13.7. The topological polar surface area (TPSA) is 75.5 Å². The first-order valence-electron chi connectivity index (χ1n) is 7.01. The molecule has 6 nitrogen and oxygen atoms in total. The summed E-state index contributed by atoms with van der Waals surface area (Å²) in [5, 5.41) is 13.8. The van der Waals surface area contributed by atoms with Crippen molar-refractivity contribution in [2.45, 2.75) is 6.42 Å². The van der Waals surface area contributed by atoms with Crippen LogP contribution in [0, 0.1) is 10.1 Å². The number of nitrogens with zero attached hydrogens (tertiary/aromatic N) is 2. The minimum atomic E-state index is -0.488. The first-order valence-corrected chi connectivity index (χ1v) is 7.42. The molecule has 23 heavy (non-hydrogen) atoms. The number of fused-ring (bicyclic) bond motifs is 1. The van der Waals surface area contributed by atoms with Gasteiger partial charge in [-0.05, 0) is 24.3 Å². The lowest BCUT2D eigenvalue weighted by Gasteiger charge is -2.22. The molecule has 7 heteroatoms. The Morgan fingerprint density at radius 3 is 2.57 bits per heavy atom. The number of hydrogen-bond acceptors (Lipinski definition) is 4. The summed E-state index contributed by atoms with van der Waals surface area (Å²) in [5.41, 5.74) is 1.89. The molecule has 0 radical (unpaired) electrons. The van der Waals surface area contributed by atoms with E-state index in [1.165, 1.54) is 24.3 Å². The number of thiocarbonyl (C=S) groups is 1. The number of carbonyl (C=O) groups excluding carboxylic acids is 1. The van der Waals surface area contributed by atoms with Gasteiger partial charge >= 0.3 is 0 Å². The molecular weight excluding hydrogens is 314 g/mol. The Hall–Kier alpha value is -2.80. The van der Waals surface area contributed by atoms with Crippen LogP contribution in [0.25, 0.3) is 0 Å². The van der Waals surface area contributed by atoms with Gasteiger partial charge < -0.3 is 10.2 Å². The molecule has 0 aliphatic carbocycles. The minimum Gasteiger partial charge on any atom is -0.348 e. The number of anilines is 2. The Labute approximate surface area is 137 Å². The maximum atomic E-state index is 12.8. The number of para-hydroxylation sites is 2. The fraction of sp³-hybridized carbons (Fsp3) is 0.125. The zero-order chi connectivity index (χ0) is 16.4. The fourth-order valence-corrected chi connectivity index (χ4v) is 2.65. The van der Waals surface area contributed by atoms with E-state index in [0.29, 0.717) is 23.5 Å². The highest BCUT2D eigenvalue weighted by atomic mass is 32.1. The first-order chi connectivity index (χ1) is 11.1. The smallest absolute Gasteiger partial charge is 0.269 e. The summed E-state index contributed by atoms with van der Waals surface area (Å²) in [7, 11) is 0. The lowest BCUT2D eigenvalue weighted by atomic mass is 10.1. The Kier molecular flexibility index (Phi) is 4.03. The van der Waals surface area contributed by atoms with Gasteiger partial charge in [0.05, 0.1) is 21.3 Å². The van der Waals surface area contributed by atoms with Crippen LogP contribution in [-0.2, 0) is 0 Å². The molecule has 1 aliphatic heterocycles. The number of nitrogens with one attached hydrogen (secondary N) is 1. The quantitative estimate of drug-likeness (QED) is 0.520. The number of hydrogen-bond donors (Lipinski definition) is 1. The Bertz CT molecular complexity index is 789. The van der Waals surface area contributed by atoms with E-state index in [-0.39, 0.29) is 11.6 Å². The van der Waals surface area contributed by atoms with Crippen molar-refractivity contribution in [1.29, 1.82) is 0 Å². The summed E-state index contributed by atoms with van der Waals surface area (Å²) in [6, 6.07) is 13.0. The van der Waals surface area contributed by atoms with Gasteiger partial charge in [0.15, 0.2) is 0 Å². The Morgan fingerprint density at radius 1 is 1.17 bits per heavy atom. The van der Waals surface area contributed by atoms with E-state index in [9.17, 15) is 14.9 Å². The van der Waals surface area contributed by atoms with E-state index in [2.05, 4.69) is 5.32 Å². The summed E-state index contributed by atoms with van der Waals surface area (Å²) in [6.07, 6.45) is 0.558. The van der Waals surface area contributed by atoms with Crippen molar-refractivity contribution in [2.75, 3.05) is 16.8 Å². The number of benzene rings is 2. The number of non-ortho nitro benzene ring substituents is 1. The van der Waals surface area contributed by atoms with Gasteiger partial charge in [-0.2, -0.15) is 0 Å². The van der Waals surface area contributed by atoms with Gasteiger partial charge in [-0.3, -0.25) is 14.9 Å². The monoisotopic (exact) mass is 327 g/mol. The lowest BCUT2D eigenvalue weighted by molar-refractivity contribution is -0.384.